The lowest BCUT2D eigenvalue weighted by atomic mass is 10.9. The van der Waals surface area contributed by atoms with Crippen LogP contribution in [-0.4, -0.2) is 13.7 Å². The lowest BCUT2D eigenvalue weighted by molar-refractivity contribution is 0.215. The highest BCUT2D eigenvalue weighted by Gasteiger charge is 1.51. The van der Waals surface area contributed by atoms with Gasteiger partial charge in [-0.1, -0.05) is 27.7 Å². The molecule has 0 fully saturated rings. The van der Waals surface area contributed by atoms with Crippen LogP contribution < -0.4 is 0 Å². The summed E-state index contributed by atoms with van der Waals surface area (Å²) in [5.74, 6) is 0. The molecule has 1 heteroatoms. The molecule has 0 atom stereocenters. The van der Waals surface area contributed by atoms with E-state index in [0.29, 0.717) is 0 Å². The second-order valence-electron chi connectivity index (χ2n) is 0.577. The van der Waals surface area contributed by atoms with Crippen molar-refractivity contribution >= 4 is 0 Å². The summed E-state index contributed by atoms with van der Waals surface area (Å²) >= 11 is 0. The molecule has 0 aromatic carbocycles. The van der Waals surface area contributed by atoms with Crippen LogP contribution >= 0.6 is 0 Å². The van der Waals surface area contributed by atoms with Gasteiger partial charge >= 0.3 is 0 Å². The lowest BCUT2D eigenvalue weighted by Crippen LogP contribution is -1.73. The SMILES string of the molecule is CC.CC.CCOC. The minimum absolute atomic E-state index is 0.819. The second kappa shape index (κ2) is 64.4. The average Bonchev–Trinajstić information content (AvgIpc) is 1.96. The van der Waals surface area contributed by atoms with E-state index in [2.05, 4.69) is 4.74 Å². The first kappa shape index (κ1) is 15.7. The zero-order chi connectivity index (χ0) is 7.41. The van der Waals surface area contributed by atoms with E-state index in [1.165, 1.54) is 0 Å². The van der Waals surface area contributed by atoms with Crippen LogP contribution in [0.15, 0.2) is 0 Å². The standard InChI is InChI=1S/C3H8O.2C2H6/c1-3-4-2;2*1-2/h3H2,1-2H3;2*1-2H3. The van der Waals surface area contributed by atoms with Crippen molar-refractivity contribution in [3.8, 4) is 0 Å². The molecular formula is C7H20O. The molecule has 0 aromatic rings. The van der Waals surface area contributed by atoms with Crippen LogP contribution in [0.25, 0.3) is 0 Å². The van der Waals surface area contributed by atoms with Gasteiger partial charge in [0.1, 0.15) is 0 Å². The van der Waals surface area contributed by atoms with E-state index in [4.69, 9.17) is 0 Å². The van der Waals surface area contributed by atoms with Gasteiger partial charge in [-0.15, -0.1) is 0 Å². The average molecular weight is 120 g/mol. The summed E-state index contributed by atoms with van der Waals surface area (Å²) < 4.78 is 4.54. The molecule has 1 nitrogen and oxygen atoms in total. The molecule has 0 aliphatic heterocycles. The van der Waals surface area contributed by atoms with Crippen LogP contribution in [0, 0.1) is 0 Å². The van der Waals surface area contributed by atoms with Crippen molar-refractivity contribution in [3.05, 3.63) is 0 Å². The number of hydrogen-bond acceptors (Lipinski definition) is 1. The third-order valence-electron chi connectivity index (χ3n) is 0.289. The summed E-state index contributed by atoms with van der Waals surface area (Å²) in [5.41, 5.74) is 0. The Morgan fingerprint density at radius 3 is 1.12 bits per heavy atom. The molecule has 0 rings (SSSR count). The first-order valence-corrected chi connectivity index (χ1v) is 3.40. The minimum atomic E-state index is 0.819. The van der Waals surface area contributed by atoms with E-state index in [-0.39, 0.29) is 0 Å². The van der Waals surface area contributed by atoms with Crippen molar-refractivity contribution in [1.29, 1.82) is 0 Å². The number of rotatable bonds is 1. The van der Waals surface area contributed by atoms with Crippen molar-refractivity contribution in [2.75, 3.05) is 13.7 Å². The fraction of sp³-hybridized carbons (Fsp3) is 1.00. The molecule has 0 saturated carbocycles. The molecule has 0 unspecified atom stereocenters. The van der Waals surface area contributed by atoms with Gasteiger partial charge in [0.25, 0.3) is 0 Å². The predicted molar refractivity (Wildman–Crippen MR) is 40.2 cm³/mol. The fourth-order valence-corrected chi connectivity index (χ4v) is 0. The van der Waals surface area contributed by atoms with Crippen molar-refractivity contribution in [1.82, 2.24) is 0 Å². The number of hydrogen-bond donors (Lipinski definition) is 0. The highest BCUT2D eigenvalue weighted by atomic mass is 16.5. The molecule has 0 aliphatic rings. The Bertz CT molecular complexity index is 6.35. The lowest BCUT2D eigenvalue weighted by Gasteiger charge is -1.76. The number of methoxy groups -OCH3 is 1. The van der Waals surface area contributed by atoms with E-state index in [1.54, 1.807) is 7.11 Å². The molecule has 0 spiro atoms. The molecule has 0 saturated heterocycles. The van der Waals surface area contributed by atoms with Gasteiger partial charge in [0.15, 0.2) is 0 Å². The maximum absolute atomic E-state index is 4.54. The fourth-order valence-electron chi connectivity index (χ4n) is 0. The highest BCUT2D eigenvalue weighted by molar-refractivity contribution is 3.94. The van der Waals surface area contributed by atoms with Gasteiger partial charge in [-0.3, -0.25) is 0 Å². The smallest absolute Gasteiger partial charge is 0.0433 e. The quantitative estimate of drug-likeness (QED) is 0.517. The summed E-state index contributed by atoms with van der Waals surface area (Å²) in [6, 6.07) is 0. The first-order chi connectivity index (χ1) is 3.91. The zero-order valence-electron chi connectivity index (χ0n) is 7.12. The summed E-state index contributed by atoms with van der Waals surface area (Å²) in [4.78, 5) is 0. The molecule has 0 aliphatic carbocycles. The predicted octanol–water partition coefficient (Wildman–Crippen LogP) is 2.71. The van der Waals surface area contributed by atoms with Gasteiger partial charge in [0.05, 0.1) is 0 Å². The third kappa shape index (κ3) is 159. The van der Waals surface area contributed by atoms with Crippen molar-refractivity contribution in [3.63, 3.8) is 0 Å². The summed E-state index contributed by atoms with van der Waals surface area (Å²) in [6.07, 6.45) is 0. The van der Waals surface area contributed by atoms with Gasteiger partial charge in [-0.05, 0) is 6.92 Å². The topological polar surface area (TPSA) is 9.23 Å². The zero-order valence-corrected chi connectivity index (χ0v) is 7.12. The maximum Gasteiger partial charge on any atom is 0.0433 e. The van der Waals surface area contributed by atoms with Crippen LogP contribution in [0.4, 0.5) is 0 Å². The van der Waals surface area contributed by atoms with Crippen LogP contribution in [0.5, 0.6) is 0 Å². The molecule has 0 amide bonds. The Balaban J connectivity index is -0.0000000542. The molecular weight excluding hydrogens is 100 g/mol. The van der Waals surface area contributed by atoms with Gasteiger partial charge in [-0.2, -0.15) is 0 Å². The van der Waals surface area contributed by atoms with Gasteiger partial charge in [0.2, 0.25) is 0 Å². The van der Waals surface area contributed by atoms with E-state index >= 15 is 0 Å². The van der Waals surface area contributed by atoms with Crippen LogP contribution in [0.2, 0.25) is 0 Å². The van der Waals surface area contributed by atoms with Crippen LogP contribution in [0.3, 0.4) is 0 Å². The molecule has 0 N–H and O–H groups in total. The highest BCUT2D eigenvalue weighted by Crippen LogP contribution is 1.52. The summed E-state index contributed by atoms with van der Waals surface area (Å²) in [7, 11) is 1.68. The van der Waals surface area contributed by atoms with Crippen molar-refractivity contribution in [2.45, 2.75) is 34.6 Å². The Morgan fingerprint density at radius 2 is 1.12 bits per heavy atom. The maximum atomic E-state index is 4.54. The minimum Gasteiger partial charge on any atom is -0.385 e. The normalized spacial score (nSPS) is 5.25. The van der Waals surface area contributed by atoms with Crippen LogP contribution in [-0.2, 0) is 4.74 Å². The molecule has 8 heavy (non-hydrogen) atoms. The van der Waals surface area contributed by atoms with Crippen molar-refractivity contribution in [2.24, 2.45) is 0 Å². The molecule has 0 bridgehead atoms. The summed E-state index contributed by atoms with van der Waals surface area (Å²) in [6.45, 7) is 10.8. The second-order valence-corrected chi connectivity index (χ2v) is 0.577. The van der Waals surface area contributed by atoms with Gasteiger partial charge < -0.3 is 4.74 Å². The van der Waals surface area contributed by atoms with E-state index in [1.807, 2.05) is 34.6 Å². The Kier molecular flexibility index (Phi) is 126. The summed E-state index contributed by atoms with van der Waals surface area (Å²) in [5, 5.41) is 0. The molecule has 0 aromatic heterocycles. The van der Waals surface area contributed by atoms with E-state index < -0.39 is 0 Å². The molecule has 0 radical (unpaired) electrons. The first-order valence-electron chi connectivity index (χ1n) is 3.40. The Hall–Kier alpha value is -0.0400. The monoisotopic (exact) mass is 120 g/mol. The Labute approximate surface area is 54.1 Å². The van der Waals surface area contributed by atoms with E-state index in [0.717, 1.165) is 6.61 Å². The Morgan fingerprint density at radius 1 is 1.00 bits per heavy atom. The van der Waals surface area contributed by atoms with Gasteiger partial charge in [-0.25, -0.2) is 0 Å². The number of ether oxygens (including phenoxy) is 1. The molecule has 54 valence electrons. The third-order valence-corrected chi connectivity index (χ3v) is 0.289. The van der Waals surface area contributed by atoms with E-state index in [9.17, 15) is 0 Å². The van der Waals surface area contributed by atoms with Crippen LogP contribution in [0.1, 0.15) is 34.6 Å². The molecule has 0 heterocycles. The van der Waals surface area contributed by atoms with Gasteiger partial charge in [0, 0.05) is 13.7 Å². The van der Waals surface area contributed by atoms with Crippen molar-refractivity contribution < 1.29 is 4.74 Å². The largest absolute Gasteiger partial charge is 0.385 e.